The second-order valence-electron chi connectivity index (χ2n) is 8.34. The highest BCUT2D eigenvalue weighted by molar-refractivity contribution is 5.43. The zero-order valence-electron chi connectivity index (χ0n) is 14.9. The first-order chi connectivity index (χ1) is 11.3. The van der Waals surface area contributed by atoms with E-state index in [1.807, 2.05) is 0 Å². The Morgan fingerprint density at radius 2 is 1.29 bits per heavy atom. The van der Waals surface area contributed by atoms with Crippen LogP contribution in [0.2, 0.25) is 0 Å². The standard InChI is InChI=1S/C22H28O2/c1-21(2,3)18-5-4-14-22(15-18,16-6-10-19(23)11-7-16)17-8-12-20(24)13-9-17/h6-13,18,23-24H,4-5,14-15H2,1-3H3. The molecule has 0 amide bonds. The van der Waals surface area contributed by atoms with E-state index in [1.54, 1.807) is 24.3 Å². The maximum atomic E-state index is 9.69. The van der Waals surface area contributed by atoms with E-state index in [0.717, 1.165) is 12.8 Å². The number of phenolic OH excluding ortho intramolecular Hbond substituents is 2. The molecule has 0 aliphatic heterocycles. The van der Waals surface area contributed by atoms with Gasteiger partial charge in [-0.05, 0) is 66.0 Å². The van der Waals surface area contributed by atoms with Crippen LogP contribution in [-0.4, -0.2) is 10.2 Å². The Kier molecular flexibility index (Phi) is 4.33. The summed E-state index contributed by atoms with van der Waals surface area (Å²) in [5.41, 5.74) is 2.76. The molecule has 2 nitrogen and oxygen atoms in total. The summed E-state index contributed by atoms with van der Waals surface area (Å²) >= 11 is 0. The smallest absolute Gasteiger partial charge is 0.115 e. The fourth-order valence-corrected chi connectivity index (χ4v) is 4.27. The predicted molar refractivity (Wildman–Crippen MR) is 98.4 cm³/mol. The third kappa shape index (κ3) is 3.15. The first-order valence-electron chi connectivity index (χ1n) is 8.90. The molecular formula is C22H28O2. The van der Waals surface area contributed by atoms with E-state index in [1.165, 1.54) is 24.0 Å². The summed E-state index contributed by atoms with van der Waals surface area (Å²) in [4.78, 5) is 0. The quantitative estimate of drug-likeness (QED) is 0.752. The van der Waals surface area contributed by atoms with Gasteiger partial charge in [0.2, 0.25) is 0 Å². The van der Waals surface area contributed by atoms with E-state index < -0.39 is 0 Å². The molecular weight excluding hydrogens is 296 g/mol. The summed E-state index contributed by atoms with van der Waals surface area (Å²) in [6, 6.07) is 15.4. The number of phenols is 2. The zero-order valence-corrected chi connectivity index (χ0v) is 14.9. The summed E-state index contributed by atoms with van der Waals surface area (Å²) in [7, 11) is 0. The molecule has 128 valence electrons. The fourth-order valence-electron chi connectivity index (χ4n) is 4.27. The summed E-state index contributed by atoms with van der Waals surface area (Å²) in [6.45, 7) is 7.00. The van der Waals surface area contributed by atoms with Crippen molar-refractivity contribution in [1.82, 2.24) is 0 Å². The Morgan fingerprint density at radius 3 is 1.71 bits per heavy atom. The Balaban J connectivity index is 2.10. The van der Waals surface area contributed by atoms with Gasteiger partial charge in [0.05, 0.1) is 0 Å². The van der Waals surface area contributed by atoms with Crippen molar-refractivity contribution in [2.45, 2.75) is 51.9 Å². The van der Waals surface area contributed by atoms with Gasteiger partial charge < -0.3 is 10.2 Å². The molecule has 3 rings (SSSR count). The van der Waals surface area contributed by atoms with E-state index in [0.29, 0.717) is 17.4 Å². The van der Waals surface area contributed by atoms with Gasteiger partial charge in [0.25, 0.3) is 0 Å². The van der Waals surface area contributed by atoms with Crippen molar-refractivity contribution < 1.29 is 10.2 Å². The van der Waals surface area contributed by atoms with E-state index in [-0.39, 0.29) is 10.8 Å². The van der Waals surface area contributed by atoms with Gasteiger partial charge in [-0.2, -0.15) is 0 Å². The monoisotopic (exact) mass is 324 g/mol. The molecule has 0 aromatic heterocycles. The van der Waals surface area contributed by atoms with Crippen molar-refractivity contribution in [2.24, 2.45) is 11.3 Å². The molecule has 1 unspecified atom stereocenters. The van der Waals surface area contributed by atoms with Crippen molar-refractivity contribution in [3.63, 3.8) is 0 Å². The van der Waals surface area contributed by atoms with Crippen LogP contribution in [0.1, 0.15) is 57.6 Å². The minimum Gasteiger partial charge on any atom is -0.508 e. The molecule has 0 saturated heterocycles. The Morgan fingerprint density at radius 1 is 0.833 bits per heavy atom. The maximum Gasteiger partial charge on any atom is 0.115 e. The third-order valence-corrected chi connectivity index (χ3v) is 5.82. The lowest BCUT2D eigenvalue weighted by Gasteiger charge is -2.46. The van der Waals surface area contributed by atoms with Gasteiger partial charge >= 0.3 is 0 Å². The van der Waals surface area contributed by atoms with Crippen LogP contribution in [0, 0.1) is 11.3 Å². The SMILES string of the molecule is CC(C)(C)C1CCCC(c2ccc(O)cc2)(c2ccc(O)cc2)C1. The van der Waals surface area contributed by atoms with Crippen LogP contribution < -0.4 is 0 Å². The molecule has 0 bridgehead atoms. The van der Waals surface area contributed by atoms with Crippen molar-refractivity contribution in [1.29, 1.82) is 0 Å². The number of hydrogen-bond donors (Lipinski definition) is 2. The van der Waals surface area contributed by atoms with E-state index in [9.17, 15) is 10.2 Å². The molecule has 1 aliphatic carbocycles. The molecule has 1 saturated carbocycles. The van der Waals surface area contributed by atoms with Crippen LogP contribution in [-0.2, 0) is 5.41 Å². The highest BCUT2D eigenvalue weighted by atomic mass is 16.3. The second kappa shape index (κ2) is 6.16. The molecule has 2 N–H and O–H groups in total. The summed E-state index contributed by atoms with van der Waals surface area (Å²) in [5.74, 6) is 1.26. The fraction of sp³-hybridized carbons (Fsp3) is 0.455. The zero-order chi connectivity index (χ0) is 17.4. The number of benzene rings is 2. The minimum absolute atomic E-state index is 0.0441. The van der Waals surface area contributed by atoms with Crippen molar-refractivity contribution >= 4 is 0 Å². The van der Waals surface area contributed by atoms with Crippen LogP contribution in [0.4, 0.5) is 0 Å². The predicted octanol–water partition coefficient (Wildman–Crippen LogP) is 5.62. The van der Waals surface area contributed by atoms with Crippen molar-refractivity contribution in [2.75, 3.05) is 0 Å². The van der Waals surface area contributed by atoms with Gasteiger partial charge in [0, 0.05) is 5.41 Å². The highest BCUT2D eigenvalue weighted by Crippen LogP contribution is 2.51. The lowest BCUT2D eigenvalue weighted by atomic mass is 9.58. The Labute approximate surface area is 145 Å². The van der Waals surface area contributed by atoms with Crippen LogP contribution in [0.5, 0.6) is 11.5 Å². The highest BCUT2D eigenvalue weighted by Gasteiger charge is 2.42. The lowest BCUT2D eigenvalue weighted by molar-refractivity contribution is 0.137. The van der Waals surface area contributed by atoms with Gasteiger partial charge in [0.1, 0.15) is 11.5 Å². The molecule has 1 fully saturated rings. The van der Waals surface area contributed by atoms with E-state index in [4.69, 9.17) is 0 Å². The molecule has 2 heteroatoms. The third-order valence-electron chi connectivity index (χ3n) is 5.82. The van der Waals surface area contributed by atoms with Gasteiger partial charge in [-0.1, -0.05) is 51.5 Å². The van der Waals surface area contributed by atoms with Crippen LogP contribution >= 0.6 is 0 Å². The van der Waals surface area contributed by atoms with Crippen molar-refractivity contribution in [3.8, 4) is 11.5 Å². The molecule has 24 heavy (non-hydrogen) atoms. The van der Waals surface area contributed by atoms with Gasteiger partial charge in [-0.15, -0.1) is 0 Å². The lowest BCUT2D eigenvalue weighted by Crippen LogP contribution is -2.38. The van der Waals surface area contributed by atoms with Crippen LogP contribution in [0.15, 0.2) is 48.5 Å². The van der Waals surface area contributed by atoms with E-state index >= 15 is 0 Å². The summed E-state index contributed by atoms with van der Waals surface area (Å²) < 4.78 is 0. The minimum atomic E-state index is -0.0441. The molecule has 2 aromatic rings. The molecule has 1 atom stereocenters. The first kappa shape index (κ1) is 16.9. The molecule has 0 heterocycles. The maximum absolute atomic E-state index is 9.69. The molecule has 1 aliphatic rings. The summed E-state index contributed by atoms with van der Waals surface area (Å²) in [5, 5.41) is 19.4. The summed E-state index contributed by atoms with van der Waals surface area (Å²) in [6.07, 6.45) is 4.67. The average Bonchev–Trinajstić information content (AvgIpc) is 2.55. The second-order valence-corrected chi connectivity index (χ2v) is 8.34. The normalized spacial score (nSPS) is 20.7. The number of rotatable bonds is 2. The molecule has 0 radical (unpaired) electrons. The number of aromatic hydroxyl groups is 2. The van der Waals surface area contributed by atoms with Crippen molar-refractivity contribution in [3.05, 3.63) is 59.7 Å². The average molecular weight is 324 g/mol. The van der Waals surface area contributed by atoms with Gasteiger partial charge in [0.15, 0.2) is 0 Å². The topological polar surface area (TPSA) is 40.5 Å². The Bertz CT molecular complexity index is 632. The van der Waals surface area contributed by atoms with Gasteiger partial charge in [-0.3, -0.25) is 0 Å². The largest absolute Gasteiger partial charge is 0.508 e. The van der Waals surface area contributed by atoms with E-state index in [2.05, 4.69) is 45.0 Å². The first-order valence-corrected chi connectivity index (χ1v) is 8.90. The Hall–Kier alpha value is -1.96. The van der Waals surface area contributed by atoms with Gasteiger partial charge in [-0.25, -0.2) is 0 Å². The molecule has 0 spiro atoms. The van der Waals surface area contributed by atoms with Crippen LogP contribution in [0.3, 0.4) is 0 Å². The molecule has 2 aromatic carbocycles. The van der Waals surface area contributed by atoms with Crippen LogP contribution in [0.25, 0.3) is 0 Å². The number of hydrogen-bond acceptors (Lipinski definition) is 2.